The summed E-state index contributed by atoms with van der Waals surface area (Å²) in [5, 5.41) is 2.76. The van der Waals surface area contributed by atoms with Gasteiger partial charge in [0.15, 0.2) is 0 Å². The molecule has 2 heterocycles. The molecule has 0 atom stereocenters. The van der Waals surface area contributed by atoms with Crippen LogP contribution in [-0.4, -0.2) is 5.91 Å². The lowest BCUT2D eigenvalue weighted by molar-refractivity contribution is 0.0952. The Morgan fingerprint density at radius 1 is 1.62 bits per heavy atom. The number of carbonyl (C=O) groups excluding carboxylic acids is 1. The number of thiophene rings is 1. The lowest BCUT2D eigenvalue weighted by Gasteiger charge is -1.99. The van der Waals surface area contributed by atoms with Gasteiger partial charge in [-0.15, -0.1) is 11.3 Å². The van der Waals surface area contributed by atoms with Gasteiger partial charge in [0.1, 0.15) is 5.76 Å². The molecule has 0 unspecified atom stereocenters. The van der Waals surface area contributed by atoms with Crippen molar-refractivity contribution in [1.82, 2.24) is 5.32 Å². The number of rotatable bonds is 3. The van der Waals surface area contributed by atoms with E-state index in [4.69, 9.17) is 10.2 Å². The molecule has 2 aromatic heterocycles. The molecule has 2 rings (SSSR count). The summed E-state index contributed by atoms with van der Waals surface area (Å²) in [5.41, 5.74) is 6.34. The number of furan rings is 1. The van der Waals surface area contributed by atoms with E-state index in [-0.39, 0.29) is 5.91 Å². The van der Waals surface area contributed by atoms with Gasteiger partial charge in [0.25, 0.3) is 5.91 Å². The Kier molecular flexibility index (Phi) is 2.96. The third-order valence-electron chi connectivity index (χ3n) is 2.18. The molecule has 16 heavy (non-hydrogen) atoms. The summed E-state index contributed by atoms with van der Waals surface area (Å²) < 4.78 is 5.11. The van der Waals surface area contributed by atoms with Crippen LogP contribution in [0.1, 0.15) is 20.3 Å². The summed E-state index contributed by atoms with van der Waals surface area (Å²) in [4.78, 5) is 13.3. The molecule has 1 amide bonds. The Morgan fingerprint density at radius 2 is 2.44 bits per heavy atom. The van der Waals surface area contributed by atoms with Crippen LogP contribution in [0.25, 0.3) is 0 Å². The molecular formula is C11H12N2O2S. The molecule has 4 nitrogen and oxygen atoms in total. The zero-order valence-electron chi connectivity index (χ0n) is 8.82. The maximum absolute atomic E-state index is 11.7. The number of nitrogen functional groups attached to an aromatic ring is 1. The van der Waals surface area contributed by atoms with Crippen molar-refractivity contribution in [3.63, 3.8) is 0 Å². The molecule has 0 aromatic carbocycles. The molecule has 0 aliphatic heterocycles. The lowest BCUT2D eigenvalue weighted by Crippen LogP contribution is -2.21. The molecule has 0 saturated carbocycles. The Hall–Kier alpha value is -1.75. The maximum atomic E-state index is 11.7. The molecule has 0 radical (unpaired) electrons. The van der Waals surface area contributed by atoms with Gasteiger partial charge in [-0.2, -0.15) is 0 Å². The highest BCUT2D eigenvalue weighted by molar-refractivity contribution is 7.14. The largest absolute Gasteiger partial charge is 0.467 e. The van der Waals surface area contributed by atoms with E-state index >= 15 is 0 Å². The normalized spacial score (nSPS) is 10.3. The number of hydrogen-bond acceptors (Lipinski definition) is 4. The zero-order chi connectivity index (χ0) is 11.5. The van der Waals surface area contributed by atoms with E-state index in [1.165, 1.54) is 11.3 Å². The fraction of sp³-hybridized carbons (Fsp3) is 0.182. The van der Waals surface area contributed by atoms with Crippen LogP contribution in [-0.2, 0) is 6.54 Å². The Balaban J connectivity index is 1.98. The first-order chi connectivity index (χ1) is 7.66. The summed E-state index contributed by atoms with van der Waals surface area (Å²) in [5.74, 6) is 0.607. The lowest BCUT2D eigenvalue weighted by atomic mass is 10.3. The average Bonchev–Trinajstić information content (AvgIpc) is 2.86. The highest BCUT2D eigenvalue weighted by atomic mass is 32.1. The van der Waals surface area contributed by atoms with Gasteiger partial charge in [0.05, 0.1) is 17.7 Å². The molecule has 0 bridgehead atoms. The summed E-state index contributed by atoms with van der Waals surface area (Å²) in [6.07, 6.45) is 1.58. The van der Waals surface area contributed by atoms with Crippen molar-refractivity contribution in [2.75, 3.05) is 5.73 Å². The predicted octanol–water partition coefficient (Wildman–Crippen LogP) is 2.16. The highest BCUT2D eigenvalue weighted by Crippen LogP contribution is 2.23. The SMILES string of the molecule is Cc1sc(C(=O)NCc2ccco2)cc1N. The van der Waals surface area contributed by atoms with Crippen molar-refractivity contribution in [3.8, 4) is 0 Å². The van der Waals surface area contributed by atoms with Gasteiger partial charge in [-0.1, -0.05) is 0 Å². The van der Waals surface area contributed by atoms with Crippen molar-refractivity contribution in [3.05, 3.63) is 40.0 Å². The average molecular weight is 236 g/mol. The minimum Gasteiger partial charge on any atom is -0.467 e. The third-order valence-corrected chi connectivity index (χ3v) is 3.25. The van der Waals surface area contributed by atoms with E-state index in [9.17, 15) is 4.79 Å². The van der Waals surface area contributed by atoms with Crippen LogP contribution in [0.15, 0.2) is 28.9 Å². The van der Waals surface area contributed by atoms with E-state index in [0.29, 0.717) is 17.1 Å². The van der Waals surface area contributed by atoms with Crippen LogP contribution in [0, 0.1) is 6.92 Å². The molecular weight excluding hydrogens is 224 g/mol. The number of hydrogen-bond donors (Lipinski definition) is 2. The van der Waals surface area contributed by atoms with Gasteiger partial charge in [-0.05, 0) is 25.1 Å². The van der Waals surface area contributed by atoms with Crippen molar-refractivity contribution in [1.29, 1.82) is 0 Å². The molecule has 2 aromatic rings. The standard InChI is InChI=1S/C11H12N2O2S/c1-7-9(12)5-10(16-7)11(14)13-6-8-3-2-4-15-8/h2-5H,6,12H2,1H3,(H,13,14). The molecule has 0 aliphatic rings. The van der Waals surface area contributed by atoms with Crippen LogP contribution < -0.4 is 11.1 Å². The number of nitrogens with one attached hydrogen (secondary N) is 1. The monoisotopic (exact) mass is 236 g/mol. The topological polar surface area (TPSA) is 68.3 Å². The molecule has 5 heteroatoms. The van der Waals surface area contributed by atoms with Gasteiger partial charge in [0, 0.05) is 10.6 Å². The minimum absolute atomic E-state index is 0.124. The third kappa shape index (κ3) is 2.25. The fourth-order valence-electron chi connectivity index (χ4n) is 1.28. The summed E-state index contributed by atoms with van der Waals surface area (Å²) in [6, 6.07) is 5.29. The van der Waals surface area contributed by atoms with Crippen LogP contribution in [0.5, 0.6) is 0 Å². The van der Waals surface area contributed by atoms with Gasteiger partial charge in [0.2, 0.25) is 0 Å². The molecule has 0 aliphatic carbocycles. The van der Waals surface area contributed by atoms with Gasteiger partial charge in [-0.25, -0.2) is 0 Å². The summed E-state index contributed by atoms with van der Waals surface area (Å²) in [7, 11) is 0. The first-order valence-corrected chi connectivity index (χ1v) is 5.65. The van der Waals surface area contributed by atoms with E-state index in [2.05, 4.69) is 5.32 Å². The van der Waals surface area contributed by atoms with Crippen molar-refractivity contribution < 1.29 is 9.21 Å². The number of aryl methyl sites for hydroxylation is 1. The fourth-order valence-corrected chi connectivity index (χ4v) is 2.13. The number of carbonyl (C=O) groups is 1. The molecule has 3 N–H and O–H groups in total. The second-order valence-corrected chi connectivity index (χ2v) is 4.64. The first-order valence-electron chi connectivity index (χ1n) is 4.83. The van der Waals surface area contributed by atoms with Gasteiger partial charge >= 0.3 is 0 Å². The van der Waals surface area contributed by atoms with Gasteiger partial charge < -0.3 is 15.5 Å². The maximum Gasteiger partial charge on any atom is 0.261 e. The first kappa shape index (κ1) is 10.8. The van der Waals surface area contributed by atoms with E-state index in [0.717, 1.165) is 10.6 Å². The number of amides is 1. The second-order valence-electron chi connectivity index (χ2n) is 3.38. The Labute approximate surface area is 97.1 Å². The second kappa shape index (κ2) is 4.40. The van der Waals surface area contributed by atoms with Crippen molar-refractivity contribution in [2.24, 2.45) is 0 Å². The number of nitrogens with two attached hydrogens (primary N) is 1. The quantitative estimate of drug-likeness (QED) is 0.858. The Bertz CT molecular complexity index is 469. The molecule has 0 saturated heterocycles. The predicted molar refractivity (Wildman–Crippen MR) is 63.3 cm³/mol. The molecule has 84 valence electrons. The van der Waals surface area contributed by atoms with E-state index in [1.807, 2.05) is 13.0 Å². The van der Waals surface area contributed by atoms with Crippen LogP contribution >= 0.6 is 11.3 Å². The highest BCUT2D eigenvalue weighted by Gasteiger charge is 2.10. The van der Waals surface area contributed by atoms with E-state index in [1.54, 1.807) is 18.4 Å². The molecule has 0 fully saturated rings. The minimum atomic E-state index is -0.124. The Morgan fingerprint density at radius 3 is 3.00 bits per heavy atom. The zero-order valence-corrected chi connectivity index (χ0v) is 9.64. The van der Waals surface area contributed by atoms with Crippen LogP contribution in [0.3, 0.4) is 0 Å². The van der Waals surface area contributed by atoms with Crippen molar-refractivity contribution in [2.45, 2.75) is 13.5 Å². The van der Waals surface area contributed by atoms with E-state index < -0.39 is 0 Å². The summed E-state index contributed by atoms with van der Waals surface area (Å²) >= 11 is 1.39. The molecule has 0 spiro atoms. The van der Waals surface area contributed by atoms with Crippen LogP contribution in [0.4, 0.5) is 5.69 Å². The number of anilines is 1. The summed E-state index contributed by atoms with van der Waals surface area (Å²) in [6.45, 7) is 2.28. The van der Waals surface area contributed by atoms with Gasteiger partial charge in [-0.3, -0.25) is 4.79 Å². The van der Waals surface area contributed by atoms with Crippen molar-refractivity contribution >= 4 is 22.9 Å². The van der Waals surface area contributed by atoms with Crippen LogP contribution in [0.2, 0.25) is 0 Å². The smallest absolute Gasteiger partial charge is 0.261 e.